The maximum absolute atomic E-state index is 11.5. The van der Waals surface area contributed by atoms with Crippen molar-refractivity contribution in [1.29, 1.82) is 0 Å². The SMILES string of the molecule is COC(=O)C1CCCN1C(=S)SCCC(C)=O. The van der Waals surface area contributed by atoms with Crippen LogP contribution < -0.4 is 0 Å². The summed E-state index contributed by atoms with van der Waals surface area (Å²) >= 11 is 6.74. The summed E-state index contributed by atoms with van der Waals surface area (Å²) in [4.78, 5) is 24.3. The van der Waals surface area contributed by atoms with Crippen molar-refractivity contribution in [3.05, 3.63) is 0 Å². The third kappa shape index (κ3) is 4.27. The lowest BCUT2D eigenvalue weighted by atomic mass is 10.2. The molecule has 0 N–H and O–H groups in total. The first-order valence-electron chi connectivity index (χ1n) is 5.57. The maximum atomic E-state index is 11.5. The summed E-state index contributed by atoms with van der Waals surface area (Å²) < 4.78 is 5.45. The van der Waals surface area contributed by atoms with Gasteiger partial charge in [0, 0.05) is 18.7 Å². The number of methoxy groups -OCH3 is 1. The molecule has 1 aliphatic rings. The largest absolute Gasteiger partial charge is 0.467 e. The molecule has 1 atom stereocenters. The van der Waals surface area contributed by atoms with E-state index in [9.17, 15) is 9.59 Å². The first-order valence-corrected chi connectivity index (χ1v) is 6.96. The van der Waals surface area contributed by atoms with Crippen LogP contribution in [0.2, 0.25) is 0 Å². The third-order valence-electron chi connectivity index (χ3n) is 2.64. The number of thiocarbonyl (C=S) groups is 1. The van der Waals surface area contributed by atoms with E-state index in [-0.39, 0.29) is 17.8 Å². The van der Waals surface area contributed by atoms with E-state index in [2.05, 4.69) is 0 Å². The van der Waals surface area contributed by atoms with E-state index in [0.717, 1.165) is 19.4 Å². The number of nitrogens with zero attached hydrogens (tertiary/aromatic N) is 1. The van der Waals surface area contributed by atoms with Crippen molar-refractivity contribution in [2.75, 3.05) is 19.4 Å². The average molecular weight is 275 g/mol. The van der Waals surface area contributed by atoms with Gasteiger partial charge in [0.05, 0.1) is 7.11 Å². The smallest absolute Gasteiger partial charge is 0.328 e. The van der Waals surface area contributed by atoms with Crippen molar-refractivity contribution in [1.82, 2.24) is 4.90 Å². The number of likely N-dealkylation sites (tertiary alicyclic amines) is 1. The van der Waals surface area contributed by atoms with Gasteiger partial charge in [0.1, 0.15) is 16.1 Å². The van der Waals surface area contributed by atoms with Crippen molar-refractivity contribution >= 4 is 40.1 Å². The molecule has 1 rings (SSSR count). The van der Waals surface area contributed by atoms with Crippen LogP contribution in [-0.2, 0) is 14.3 Å². The van der Waals surface area contributed by atoms with Crippen molar-refractivity contribution in [3.63, 3.8) is 0 Å². The van der Waals surface area contributed by atoms with E-state index in [4.69, 9.17) is 17.0 Å². The van der Waals surface area contributed by atoms with Crippen LogP contribution >= 0.6 is 24.0 Å². The molecule has 0 amide bonds. The highest BCUT2D eigenvalue weighted by Gasteiger charge is 2.32. The number of hydrogen-bond acceptors (Lipinski definition) is 5. The van der Waals surface area contributed by atoms with Gasteiger partial charge in [-0.25, -0.2) is 4.79 Å². The molecule has 0 bridgehead atoms. The number of rotatable bonds is 4. The summed E-state index contributed by atoms with van der Waals surface area (Å²) in [6.45, 7) is 2.36. The third-order valence-corrected chi connectivity index (χ3v) is 4.12. The molecule has 1 saturated heterocycles. The van der Waals surface area contributed by atoms with Crippen molar-refractivity contribution in [3.8, 4) is 0 Å². The fourth-order valence-electron chi connectivity index (χ4n) is 1.73. The van der Waals surface area contributed by atoms with Crippen LogP contribution in [-0.4, -0.2) is 46.4 Å². The number of thioether (sulfide) groups is 1. The Bertz CT molecular complexity index is 320. The zero-order valence-electron chi connectivity index (χ0n) is 10.1. The highest BCUT2D eigenvalue weighted by atomic mass is 32.2. The van der Waals surface area contributed by atoms with Crippen molar-refractivity contribution in [2.45, 2.75) is 32.2 Å². The van der Waals surface area contributed by atoms with Gasteiger partial charge < -0.3 is 9.64 Å². The molecule has 1 aliphatic heterocycles. The summed E-state index contributed by atoms with van der Waals surface area (Å²) in [6, 6.07) is -0.239. The number of carbonyl (C=O) groups is 2. The van der Waals surface area contributed by atoms with E-state index in [1.807, 2.05) is 4.90 Å². The van der Waals surface area contributed by atoms with Gasteiger partial charge in [0.15, 0.2) is 0 Å². The van der Waals surface area contributed by atoms with Gasteiger partial charge in [-0.1, -0.05) is 24.0 Å². The summed E-state index contributed by atoms with van der Waals surface area (Å²) in [5.41, 5.74) is 0. The van der Waals surface area contributed by atoms with Crippen LogP contribution in [0.25, 0.3) is 0 Å². The van der Waals surface area contributed by atoms with E-state index in [1.165, 1.54) is 18.9 Å². The number of ketones is 1. The molecule has 0 radical (unpaired) electrons. The molecule has 0 aromatic carbocycles. The number of hydrogen-bond donors (Lipinski definition) is 0. The first-order chi connectivity index (χ1) is 8.06. The number of carbonyl (C=O) groups excluding carboxylic acids is 2. The molecule has 0 aromatic heterocycles. The quantitative estimate of drug-likeness (QED) is 0.574. The summed E-state index contributed by atoms with van der Waals surface area (Å²) in [6.07, 6.45) is 2.26. The van der Waals surface area contributed by atoms with Gasteiger partial charge in [0.25, 0.3) is 0 Å². The van der Waals surface area contributed by atoms with Gasteiger partial charge in [-0.3, -0.25) is 4.79 Å². The molecule has 0 aliphatic carbocycles. The Hall–Kier alpha value is -0.620. The minimum absolute atomic E-state index is 0.159. The van der Waals surface area contributed by atoms with Crippen LogP contribution in [0.5, 0.6) is 0 Å². The molecule has 96 valence electrons. The first kappa shape index (κ1) is 14.4. The van der Waals surface area contributed by atoms with Gasteiger partial charge in [0.2, 0.25) is 0 Å². The monoisotopic (exact) mass is 275 g/mol. The molecule has 1 fully saturated rings. The summed E-state index contributed by atoms with van der Waals surface area (Å²) in [5, 5.41) is 0. The predicted molar refractivity (Wildman–Crippen MR) is 72.1 cm³/mol. The number of ether oxygens (including phenoxy) is 1. The van der Waals surface area contributed by atoms with E-state index in [0.29, 0.717) is 16.5 Å². The van der Waals surface area contributed by atoms with Crippen LogP contribution in [0.15, 0.2) is 0 Å². The van der Waals surface area contributed by atoms with E-state index < -0.39 is 0 Å². The molecule has 17 heavy (non-hydrogen) atoms. The Labute approximate surface area is 111 Å². The molecular weight excluding hydrogens is 258 g/mol. The molecule has 6 heteroatoms. The molecule has 1 heterocycles. The molecule has 0 spiro atoms. The van der Waals surface area contributed by atoms with Gasteiger partial charge in [-0.05, 0) is 19.8 Å². The van der Waals surface area contributed by atoms with Crippen molar-refractivity contribution in [2.24, 2.45) is 0 Å². The second kappa shape index (κ2) is 6.96. The Morgan fingerprint density at radius 3 is 2.82 bits per heavy atom. The van der Waals surface area contributed by atoms with Crippen LogP contribution in [0, 0.1) is 0 Å². The van der Waals surface area contributed by atoms with Crippen LogP contribution in [0.3, 0.4) is 0 Å². The van der Waals surface area contributed by atoms with E-state index >= 15 is 0 Å². The highest BCUT2D eigenvalue weighted by molar-refractivity contribution is 8.22. The number of Topliss-reactive ketones (excluding diaryl/α,β-unsaturated/α-hetero) is 1. The van der Waals surface area contributed by atoms with E-state index in [1.54, 1.807) is 6.92 Å². The lowest BCUT2D eigenvalue weighted by Gasteiger charge is -2.24. The fourth-order valence-corrected chi connectivity index (χ4v) is 3.15. The normalized spacial score (nSPS) is 19.2. The molecule has 0 saturated carbocycles. The van der Waals surface area contributed by atoms with Gasteiger partial charge in [-0.2, -0.15) is 0 Å². The Balaban J connectivity index is 2.44. The predicted octanol–water partition coefficient (Wildman–Crippen LogP) is 1.62. The molecule has 0 aromatic rings. The standard InChI is InChI=1S/C11H17NO3S2/c1-8(13)5-7-17-11(16)12-6-3-4-9(12)10(14)15-2/h9H,3-7H2,1-2H3. The lowest BCUT2D eigenvalue weighted by Crippen LogP contribution is -2.39. The highest BCUT2D eigenvalue weighted by Crippen LogP contribution is 2.23. The maximum Gasteiger partial charge on any atom is 0.328 e. The average Bonchev–Trinajstić information content (AvgIpc) is 2.76. The topological polar surface area (TPSA) is 46.6 Å². The Kier molecular flexibility index (Phi) is 5.91. The number of esters is 1. The lowest BCUT2D eigenvalue weighted by molar-refractivity contribution is -0.144. The minimum atomic E-state index is -0.239. The molecule has 1 unspecified atom stereocenters. The summed E-state index contributed by atoms with van der Waals surface area (Å²) in [7, 11) is 1.39. The van der Waals surface area contributed by atoms with Crippen LogP contribution in [0.4, 0.5) is 0 Å². The summed E-state index contributed by atoms with van der Waals surface area (Å²) in [5.74, 6) is 0.613. The molecule has 4 nitrogen and oxygen atoms in total. The second-order valence-electron chi connectivity index (χ2n) is 3.94. The van der Waals surface area contributed by atoms with Gasteiger partial charge >= 0.3 is 5.97 Å². The fraction of sp³-hybridized carbons (Fsp3) is 0.727. The Morgan fingerprint density at radius 1 is 1.53 bits per heavy atom. The van der Waals surface area contributed by atoms with Crippen molar-refractivity contribution < 1.29 is 14.3 Å². The second-order valence-corrected chi connectivity index (χ2v) is 5.67. The minimum Gasteiger partial charge on any atom is -0.467 e. The molecular formula is C11H17NO3S2. The Morgan fingerprint density at radius 2 is 2.24 bits per heavy atom. The van der Waals surface area contributed by atoms with Crippen LogP contribution in [0.1, 0.15) is 26.2 Å². The zero-order chi connectivity index (χ0) is 12.8. The zero-order valence-corrected chi connectivity index (χ0v) is 11.7. The van der Waals surface area contributed by atoms with Gasteiger partial charge in [-0.15, -0.1) is 0 Å².